The highest BCUT2D eigenvalue weighted by atomic mass is 16.5. The molecule has 2 atom stereocenters. The van der Waals surface area contributed by atoms with Crippen molar-refractivity contribution in [2.75, 3.05) is 6.61 Å². The minimum atomic E-state index is -1.09. The summed E-state index contributed by atoms with van der Waals surface area (Å²) in [6.45, 7) is 3.71. The van der Waals surface area contributed by atoms with Crippen molar-refractivity contribution in [1.29, 1.82) is 0 Å². The lowest BCUT2D eigenvalue weighted by atomic mass is 9.98. The van der Waals surface area contributed by atoms with E-state index in [1.165, 1.54) is 17.8 Å². The molecular formula is C26H28N4O5. The lowest BCUT2D eigenvalue weighted by molar-refractivity contribution is -0.125. The molecule has 1 heterocycles. The zero-order valence-corrected chi connectivity index (χ0v) is 19.8. The molecule has 1 aromatic heterocycles. The van der Waals surface area contributed by atoms with Gasteiger partial charge in [-0.05, 0) is 35.2 Å². The molecule has 35 heavy (non-hydrogen) atoms. The summed E-state index contributed by atoms with van der Waals surface area (Å²) in [5.41, 5.74) is 5.03. The van der Waals surface area contributed by atoms with E-state index in [0.29, 0.717) is 5.69 Å². The first kappa shape index (κ1) is 24.0. The fourth-order valence-electron chi connectivity index (χ4n) is 4.33. The maximum Gasteiger partial charge on any atom is 0.407 e. The van der Waals surface area contributed by atoms with Gasteiger partial charge in [-0.3, -0.25) is 9.48 Å². The molecule has 2 unspecified atom stereocenters. The molecule has 0 bridgehead atoms. The lowest BCUT2D eigenvalue weighted by Gasteiger charge is -2.21. The number of carboxylic acid groups (broad SMARTS) is 1. The Morgan fingerprint density at radius 2 is 1.66 bits per heavy atom. The first-order chi connectivity index (χ1) is 16.8. The summed E-state index contributed by atoms with van der Waals surface area (Å²) in [6, 6.07) is 17.1. The minimum absolute atomic E-state index is 0.0348. The third-order valence-corrected chi connectivity index (χ3v) is 6.45. The number of carbonyl (C=O) groups excluding carboxylic acids is 2. The van der Waals surface area contributed by atoms with Crippen LogP contribution in [0.1, 0.15) is 47.1 Å². The molecule has 0 spiro atoms. The fraction of sp³-hybridized carbons (Fsp3) is 0.308. The van der Waals surface area contributed by atoms with Crippen molar-refractivity contribution >= 4 is 18.0 Å². The predicted molar refractivity (Wildman–Crippen MR) is 129 cm³/mol. The SMILES string of the molecule is CC(NC(=O)OCC1c2ccccc2-c2ccccc21)C(C)C(=O)NCc1cc(C(=O)O)n(C)n1. The number of hydrogen-bond donors (Lipinski definition) is 3. The van der Waals surface area contributed by atoms with E-state index in [-0.39, 0.29) is 30.7 Å². The van der Waals surface area contributed by atoms with Crippen molar-refractivity contribution < 1.29 is 24.2 Å². The van der Waals surface area contributed by atoms with Gasteiger partial charge < -0.3 is 20.5 Å². The molecule has 182 valence electrons. The molecule has 9 heteroatoms. The standard InChI is InChI=1S/C26H28N4O5/c1-15(24(31)27-13-17-12-23(25(32)33)30(3)29-17)16(2)28-26(34)35-14-22-20-10-6-4-8-18(20)19-9-5-7-11-21(19)22/h4-12,15-16,22H,13-14H2,1-3H3,(H,27,31)(H,28,34)(H,32,33). The van der Waals surface area contributed by atoms with Crippen LogP contribution in [-0.4, -0.2) is 45.5 Å². The van der Waals surface area contributed by atoms with Crippen LogP contribution in [0.15, 0.2) is 54.6 Å². The van der Waals surface area contributed by atoms with Crippen LogP contribution in [0.5, 0.6) is 0 Å². The summed E-state index contributed by atoms with van der Waals surface area (Å²) in [7, 11) is 1.53. The van der Waals surface area contributed by atoms with Gasteiger partial charge in [-0.1, -0.05) is 55.5 Å². The number of ether oxygens (including phenoxy) is 1. The second-order valence-corrected chi connectivity index (χ2v) is 8.71. The van der Waals surface area contributed by atoms with Crippen LogP contribution in [0.2, 0.25) is 0 Å². The van der Waals surface area contributed by atoms with Gasteiger partial charge in [0.2, 0.25) is 5.91 Å². The number of hydrogen-bond acceptors (Lipinski definition) is 5. The van der Waals surface area contributed by atoms with Crippen LogP contribution in [0, 0.1) is 5.92 Å². The third kappa shape index (κ3) is 5.03. The molecule has 0 aliphatic heterocycles. The topological polar surface area (TPSA) is 123 Å². The van der Waals surface area contributed by atoms with Gasteiger partial charge in [0, 0.05) is 19.0 Å². The highest BCUT2D eigenvalue weighted by molar-refractivity contribution is 5.86. The Labute approximate surface area is 203 Å². The summed E-state index contributed by atoms with van der Waals surface area (Å²) in [6.07, 6.45) is -0.588. The highest BCUT2D eigenvalue weighted by Crippen LogP contribution is 2.44. The predicted octanol–water partition coefficient (Wildman–Crippen LogP) is 3.30. The van der Waals surface area contributed by atoms with Crippen molar-refractivity contribution in [3.05, 3.63) is 77.1 Å². The Kier molecular flexibility index (Phi) is 6.86. The highest BCUT2D eigenvalue weighted by Gasteiger charge is 2.29. The number of amides is 2. The van der Waals surface area contributed by atoms with Crippen molar-refractivity contribution in [3.63, 3.8) is 0 Å². The number of fused-ring (bicyclic) bond motifs is 3. The van der Waals surface area contributed by atoms with Gasteiger partial charge in [-0.2, -0.15) is 5.10 Å². The fourth-order valence-corrected chi connectivity index (χ4v) is 4.33. The van der Waals surface area contributed by atoms with Gasteiger partial charge in [-0.25, -0.2) is 9.59 Å². The molecule has 3 aromatic rings. The molecule has 0 radical (unpaired) electrons. The van der Waals surface area contributed by atoms with E-state index >= 15 is 0 Å². The largest absolute Gasteiger partial charge is 0.477 e. The summed E-state index contributed by atoms with van der Waals surface area (Å²) in [5.74, 6) is -1.97. The van der Waals surface area contributed by atoms with Crippen molar-refractivity contribution in [2.45, 2.75) is 32.4 Å². The Balaban J connectivity index is 1.29. The first-order valence-corrected chi connectivity index (χ1v) is 11.4. The van der Waals surface area contributed by atoms with Crippen molar-refractivity contribution in [2.24, 2.45) is 13.0 Å². The maximum atomic E-state index is 12.6. The number of aromatic carboxylic acids is 1. The Morgan fingerprint density at radius 3 is 2.23 bits per heavy atom. The van der Waals surface area contributed by atoms with Crippen LogP contribution in [0.3, 0.4) is 0 Å². The van der Waals surface area contributed by atoms with E-state index < -0.39 is 24.0 Å². The van der Waals surface area contributed by atoms with E-state index in [9.17, 15) is 14.4 Å². The average Bonchev–Trinajstić information content (AvgIpc) is 3.38. The number of nitrogens with zero attached hydrogens (tertiary/aromatic N) is 2. The molecule has 0 saturated carbocycles. The molecule has 1 aliphatic carbocycles. The van der Waals surface area contributed by atoms with E-state index in [1.54, 1.807) is 13.8 Å². The van der Waals surface area contributed by atoms with E-state index in [2.05, 4.69) is 40.0 Å². The molecule has 1 aliphatic rings. The summed E-state index contributed by atoms with van der Waals surface area (Å²) < 4.78 is 6.80. The Hall–Kier alpha value is -4.14. The van der Waals surface area contributed by atoms with Gasteiger partial charge in [-0.15, -0.1) is 0 Å². The third-order valence-electron chi connectivity index (χ3n) is 6.45. The zero-order chi connectivity index (χ0) is 25.1. The van der Waals surface area contributed by atoms with E-state index in [4.69, 9.17) is 9.84 Å². The number of nitrogens with one attached hydrogen (secondary N) is 2. The number of aryl methyl sites for hydroxylation is 1. The number of aromatic nitrogens is 2. The summed E-state index contributed by atoms with van der Waals surface area (Å²) in [5, 5.41) is 18.7. The van der Waals surface area contributed by atoms with Crippen LogP contribution >= 0.6 is 0 Å². The second-order valence-electron chi connectivity index (χ2n) is 8.71. The van der Waals surface area contributed by atoms with E-state index in [0.717, 1.165) is 22.3 Å². The van der Waals surface area contributed by atoms with Gasteiger partial charge in [0.05, 0.1) is 18.2 Å². The number of carboxylic acids is 1. The first-order valence-electron chi connectivity index (χ1n) is 11.4. The van der Waals surface area contributed by atoms with Crippen molar-refractivity contribution in [3.8, 4) is 11.1 Å². The monoisotopic (exact) mass is 476 g/mol. The number of rotatable bonds is 8. The minimum Gasteiger partial charge on any atom is -0.477 e. The molecule has 9 nitrogen and oxygen atoms in total. The molecule has 2 amide bonds. The van der Waals surface area contributed by atoms with Crippen LogP contribution in [0.4, 0.5) is 4.79 Å². The summed E-state index contributed by atoms with van der Waals surface area (Å²) >= 11 is 0. The number of benzene rings is 2. The maximum absolute atomic E-state index is 12.6. The second kappa shape index (κ2) is 10.0. The number of alkyl carbamates (subject to hydrolysis) is 1. The van der Waals surface area contributed by atoms with E-state index in [1.807, 2.05) is 24.3 Å². The van der Waals surface area contributed by atoms with Crippen LogP contribution < -0.4 is 10.6 Å². The lowest BCUT2D eigenvalue weighted by Crippen LogP contribution is -2.44. The Bertz CT molecular complexity index is 1220. The summed E-state index contributed by atoms with van der Waals surface area (Å²) in [4.78, 5) is 36.2. The number of carbonyl (C=O) groups is 3. The van der Waals surface area contributed by atoms with Gasteiger partial charge in [0.25, 0.3) is 0 Å². The molecule has 0 fully saturated rings. The van der Waals surface area contributed by atoms with Crippen LogP contribution in [0.25, 0.3) is 11.1 Å². The zero-order valence-electron chi connectivity index (χ0n) is 19.8. The normalized spacial score (nSPS) is 13.9. The molecule has 3 N–H and O–H groups in total. The average molecular weight is 477 g/mol. The van der Waals surface area contributed by atoms with Crippen LogP contribution in [-0.2, 0) is 23.1 Å². The van der Waals surface area contributed by atoms with Crippen molar-refractivity contribution in [1.82, 2.24) is 20.4 Å². The smallest absolute Gasteiger partial charge is 0.407 e. The molecule has 0 saturated heterocycles. The molecule has 4 rings (SSSR count). The quantitative estimate of drug-likeness (QED) is 0.459. The molecule has 2 aromatic carbocycles. The molecular weight excluding hydrogens is 448 g/mol. The van der Waals surface area contributed by atoms with Gasteiger partial charge in [0.1, 0.15) is 12.3 Å². The Morgan fingerprint density at radius 1 is 1.06 bits per heavy atom. The van der Waals surface area contributed by atoms with Gasteiger partial charge >= 0.3 is 12.1 Å². The van der Waals surface area contributed by atoms with Gasteiger partial charge in [0.15, 0.2) is 0 Å².